The number of nitrogens with zero attached hydrogens (tertiary/aromatic N) is 1. The second-order valence-corrected chi connectivity index (χ2v) is 10.1. The van der Waals surface area contributed by atoms with Crippen LogP contribution >= 0.6 is 0 Å². The first-order valence-electron chi connectivity index (χ1n) is 12.0. The highest BCUT2D eigenvalue weighted by Gasteiger charge is 2.41. The molecule has 2 atom stereocenters. The topological polar surface area (TPSA) is 105 Å². The Balaban J connectivity index is 1.27. The molecule has 4 rings (SSSR count). The van der Waals surface area contributed by atoms with Gasteiger partial charge in [0.05, 0.1) is 0 Å². The van der Waals surface area contributed by atoms with Crippen molar-refractivity contribution in [2.45, 2.75) is 51.2 Å². The molecular formula is C27H32N2O6. The fourth-order valence-corrected chi connectivity index (χ4v) is 4.92. The molecule has 1 heterocycles. The molecule has 1 aliphatic heterocycles. The zero-order valence-corrected chi connectivity index (χ0v) is 20.3. The van der Waals surface area contributed by atoms with Gasteiger partial charge in [0.15, 0.2) is 0 Å². The molecule has 0 radical (unpaired) electrons. The van der Waals surface area contributed by atoms with Gasteiger partial charge >= 0.3 is 18.2 Å². The molecule has 1 fully saturated rings. The zero-order chi connectivity index (χ0) is 25.2. The van der Waals surface area contributed by atoms with Crippen LogP contribution in [0.3, 0.4) is 0 Å². The van der Waals surface area contributed by atoms with Crippen LogP contribution in [0, 0.1) is 5.92 Å². The van der Waals surface area contributed by atoms with Crippen molar-refractivity contribution < 1.29 is 29.0 Å². The maximum atomic E-state index is 12.4. The second kappa shape index (κ2) is 9.98. The van der Waals surface area contributed by atoms with E-state index in [9.17, 15) is 19.5 Å². The largest absolute Gasteiger partial charge is 0.480 e. The summed E-state index contributed by atoms with van der Waals surface area (Å²) in [6.45, 7) is 6.07. The predicted octanol–water partition coefficient (Wildman–Crippen LogP) is 4.63. The lowest BCUT2D eigenvalue weighted by atomic mass is 9.98. The van der Waals surface area contributed by atoms with E-state index in [1.807, 2.05) is 24.3 Å². The number of carbonyl (C=O) groups is 3. The fraction of sp³-hybridized carbons (Fsp3) is 0.444. The van der Waals surface area contributed by atoms with Crippen LogP contribution in [0.5, 0.6) is 0 Å². The summed E-state index contributed by atoms with van der Waals surface area (Å²) >= 11 is 0. The first-order chi connectivity index (χ1) is 16.6. The highest BCUT2D eigenvalue weighted by atomic mass is 16.6. The second-order valence-electron chi connectivity index (χ2n) is 10.1. The molecule has 2 aliphatic rings. The smallest absolute Gasteiger partial charge is 0.411 e. The third-order valence-corrected chi connectivity index (χ3v) is 6.47. The molecule has 186 valence electrons. The lowest BCUT2D eigenvalue weighted by Gasteiger charge is -2.26. The van der Waals surface area contributed by atoms with E-state index in [-0.39, 0.29) is 25.0 Å². The Morgan fingerprint density at radius 3 is 2.20 bits per heavy atom. The van der Waals surface area contributed by atoms with Crippen molar-refractivity contribution in [3.63, 3.8) is 0 Å². The normalized spacial score (nSPS) is 19.1. The first-order valence-corrected chi connectivity index (χ1v) is 12.0. The number of benzene rings is 2. The van der Waals surface area contributed by atoms with Gasteiger partial charge in [0.2, 0.25) is 0 Å². The van der Waals surface area contributed by atoms with Crippen molar-refractivity contribution in [2.24, 2.45) is 5.92 Å². The van der Waals surface area contributed by atoms with Crippen LogP contribution in [0.4, 0.5) is 9.59 Å². The summed E-state index contributed by atoms with van der Waals surface area (Å²) in [6.07, 6.45) is -0.283. The molecule has 0 bridgehead atoms. The van der Waals surface area contributed by atoms with E-state index in [1.54, 1.807) is 20.8 Å². The summed E-state index contributed by atoms with van der Waals surface area (Å²) in [5, 5.41) is 12.3. The molecule has 0 saturated carbocycles. The molecule has 0 aromatic heterocycles. The van der Waals surface area contributed by atoms with E-state index < -0.39 is 29.8 Å². The number of fused-ring (bicyclic) bond motifs is 3. The van der Waals surface area contributed by atoms with Gasteiger partial charge in [-0.1, -0.05) is 48.5 Å². The summed E-state index contributed by atoms with van der Waals surface area (Å²) in [6, 6.07) is 15.4. The number of aliphatic carboxylic acids is 1. The molecule has 0 unspecified atom stereocenters. The lowest BCUT2D eigenvalue weighted by molar-refractivity contribution is -0.142. The number of carbonyl (C=O) groups excluding carboxylic acids is 2. The maximum Gasteiger partial charge on any atom is 0.411 e. The summed E-state index contributed by atoms with van der Waals surface area (Å²) < 4.78 is 10.9. The summed E-state index contributed by atoms with van der Waals surface area (Å²) in [4.78, 5) is 37.8. The Morgan fingerprint density at radius 1 is 1.03 bits per heavy atom. The lowest BCUT2D eigenvalue weighted by Crippen LogP contribution is -2.43. The monoisotopic (exact) mass is 480 g/mol. The number of hydrogen-bond donors (Lipinski definition) is 2. The van der Waals surface area contributed by atoms with Gasteiger partial charge in [-0.05, 0) is 61.8 Å². The van der Waals surface area contributed by atoms with Crippen molar-refractivity contribution in [1.82, 2.24) is 10.2 Å². The summed E-state index contributed by atoms with van der Waals surface area (Å²) in [5.41, 5.74) is 3.93. The number of carboxylic acids is 1. The van der Waals surface area contributed by atoms with E-state index in [1.165, 1.54) is 16.0 Å². The highest BCUT2D eigenvalue weighted by Crippen LogP contribution is 2.44. The minimum Gasteiger partial charge on any atom is -0.480 e. The molecule has 8 nitrogen and oxygen atoms in total. The van der Waals surface area contributed by atoms with E-state index in [0.717, 1.165) is 11.1 Å². The van der Waals surface area contributed by atoms with Crippen LogP contribution < -0.4 is 5.32 Å². The van der Waals surface area contributed by atoms with E-state index in [2.05, 4.69) is 29.6 Å². The van der Waals surface area contributed by atoms with Crippen molar-refractivity contribution in [3.8, 4) is 11.1 Å². The third kappa shape index (κ3) is 5.58. The summed E-state index contributed by atoms with van der Waals surface area (Å²) in [5.74, 6) is -1.12. The average Bonchev–Trinajstić information content (AvgIpc) is 3.37. The molecule has 2 N–H and O–H groups in total. The molecule has 2 amide bonds. The van der Waals surface area contributed by atoms with E-state index >= 15 is 0 Å². The van der Waals surface area contributed by atoms with E-state index in [4.69, 9.17) is 9.47 Å². The van der Waals surface area contributed by atoms with Crippen LogP contribution in [0.25, 0.3) is 11.1 Å². The van der Waals surface area contributed by atoms with Gasteiger partial charge in [-0.25, -0.2) is 14.4 Å². The van der Waals surface area contributed by atoms with Crippen molar-refractivity contribution in [2.75, 3.05) is 19.7 Å². The van der Waals surface area contributed by atoms with Crippen LogP contribution in [0.1, 0.15) is 50.7 Å². The molecule has 35 heavy (non-hydrogen) atoms. The Kier molecular flexibility index (Phi) is 7.00. The van der Waals surface area contributed by atoms with Crippen molar-refractivity contribution in [3.05, 3.63) is 59.7 Å². The van der Waals surface area contributed by atoms with E-state index in [0.29, 0.717) is 19.4 Å². The maximum absolute atomic E-state index is 12.4. The number of rotatable bonds is 6. The molecule has 1 aliphatic carbocycles. The molecule has 2 aromatic rings. The van der Waals surface area contributed by atoms with Gasteiger partial charge in [-0.15, -0.1) is 0 Å². The van der Waals surface area contributed by atoms with Gasteiger partial charge < -0.3 is 19.9 Å². The third-order valence-electron chi connectivity index (χ3n) is 6.47. The molecule has 0 spiro atoms. The quantitative estimate of drug-likeness (QED) is 0.625. The number of ether oxygens (including phenoxy) is 2. The number of hydrogen-bond acceptors (Lipinski definition) is 5. The van der Waals surface area contributed by atoms with Gasteiger partial charge in [-0.2, -0.15) is 0 Å². The van der Waals surface area contributed by atoms with Crippen LogP contribution in [-0.4, -0.2) is 59.5 Å². The molecule has 8 heteroatoms. The molecule has 1 saturated heterocycles. The minimum atomic E-state index is -1.05. The minimum absolute atomic E-state index is 0.0123. The summed E-state index contributed by atoms with van der Waals surface area (Å²) in [7, 11) is 0. The van der Waals surface area contributed by atoms with Crippen molar-refractivity contribution in [1.29, 1.82) is 0 Å². The molecule has 2 aromatic carbocycles. The Hall–Kier alpha value is -3.55. The van der Waals surface area contributed by atoms with Crippen molar-refractivity contribution >= 4 is 18.2 Å². The first kappa shape index (κ1) is 24.6. The fourth-order valence-electron chi connectivity index (χ4n) is 4.92. The standard InChI is InChI=1S/C27H32N2O6/c1-27(2,3)35-26(33)29-15-17(14-23(29)24(30)31)12-13-28-25(32)34-16-22-20-10-6-4-8-18(20)19-9-5-7-11-21(19)22/h4-11,17,22-23H,12-16H2,1-3H3,(H,28,32)(H,30,31)/t17-,23-/m1/s1. The van der Waals surface area contributed by atoms with Gasteiger partial charge in [0, 0.05) is 19.0 Å². The van der Waals surface area contributed by atoms with Gasteiger partial charge in [0.25, 0.3) is 0 Å². The molecular weight excluding hydrogens is 448 g/mol. The Labute approximate surface area is 205 Å². The van der Waals surface area contributed by atoms with Gasteiger partial charge in [-0.3, -0.25) is 4.90 Å². The zero-order valence-electron chi connectivity index (χ0n) is 20.3. The number of amides is 2. The average molecular weight is 481 g/mol. The highest BCUT2D eigenvalue weighted by molar-refractivity contribution is 5.81. The number of nitrogens with one attached hydrogen (secondary N) is 1. The van der Waals surface area contributed by atoms with Crippen LogP contribution in [0.2, 0.25) is 0 Å². The number of carboxylic acid groups (broad SMARTS) is 1. The Bertz CT molecular complexity index is 1060. The SMILES string of the molecule is CC(C)(C)OC(=O)N1C[C@H](CCNC(=O)OCC2c3ccccc3-c3ccccc32)C[C@@H]1C(=O)O. The van der Waals surface area contributed by atoms with Gasteiger partial charge in [0.1, 0.15) is 18.2 Å². The Morgan fingerprint density at radius 2 is 1.63 bits per heavy atom. The van der Waals surface area contributed by atoms with Crippen LogP contribution in [0.15, 0.2) is 48.5 Å². The predicted molar refractivity (Wildman–Crippen MR) is 130 cm³/mol. The van der Waals surface area contributed by atoms with Crippen LogP contribution in [-0.2, 0) is 14.3 Å². The number of alkyl carbamates (subject to hydrolysis) is 1. The number of likely N-dealkylation sites (tertiary alicyclic amines) is 1.